The SMILES string of the molecule is C=CCn1c(CC(=O)Nc2ccc(Cl)cc2)nnc1SCC(=O)Nc1cccc(Cl)c1. The van der Waals surface area contributed by atoms with E-state index < -0.39 is 0 Å². The van der Waals surface area contributed by atoms with Gasteiger partial charge in [-0.3, -0.25) is 9.59 Å². The maximum absolute atomic E-state index is 12.4. The van der Waals surface area contributed by atoms with Crippen LogP contribution in [0.5, 0.6) is 0 Å². The number of carbonyl (C=O) groups excluding carboxylic acids is 2. The molecule has 7 nitrogen and oxygen atoms in total. The fourth-order valence-corrected chi connectivity index (χ4v) is 3.73. The van der Waals surface area contributed by atoms with Crippen molar-refractivity contribution in [2.45, 2.75) is 18.1 Å². The van der Waals surface area contributed by atoms with Crippen molar-refractivity contribution in [2.75, 3.05) is 16.4 Å². The van der Waals surface area contributed by atoms with E-state index >= 15 is 0 Å². The Morgan fingerprint density at radius 2 is 1.74 bits per heavy atom. The Hall–Kier alpha value is -2.81. The van der Waals surface area contributed by atoms with Gasteiger partial charge in [-0.15, -0.1) is 16.8 Å². The highest BCUT2D eigenvalue weighted by molar-refractivity contribution is 7.99. The molecule has 2 aromatic carbocycles. The molecule has 0 aliphatic heterocycles. The van der Waals surface area contributed by atoms with Gasteiger partial charge in [0.05, 0.1) is 12.2 Å². The number of aromatic nitrogens is 3. The van der Waals surface area contributed by atoms with Crippen molar-refractivity contribution in [3.05, 3.63) is 77.1 Å². The predicted octanol–water partition coefficient (Wildman–Crippen LogP) is 4.68. The number of rotatable bonds is 9. The van der Waals surface area contributed by atoms with Crippen LogP contribution in [0.3, 0.4) is 0 Å². The maximum Gasteiger partial charge on any atom is 0.234 e. The molecule has 0 saturated carbocycles. The molecule has 10 heteroatoms. The molecular formula is C21H19Cl2N5O2S. The molecule has 0 aliphatic carbocycles. The monoisotopic (exact) mass is 475 g/mol. The Kier molecular flexibility index (Phi) is 8.11. The number of nitrogens with one attached hydrogen (secondary N) is 2. The standard InChI is InChI=1S/C21H19Cl2N5O2S/c1-2-10-28-18(12-19(29)24-16-8-6-14(22)7-9-16)26-27-21(28)31-13-20(30)25-17-5-3-4-15(23)11-17/h2-9,11H,1,10,12-13H2,(H,24,29)(H,25,30). The summed E-state index contributed by atoms with van der Waals surface area (Å²) in [6.07, 6.45) is 1.71. The lowest BCUT2D eigenvalue weighted by atomic mass is 10.3. The fourth-order valence-electron chi connectivity index (χ4n) is 2.64. The third kappa shape index (κ3) is 6.85. The average molecular weight is 476 g/mol. The van der Waals surface area contributed by atoms with Gasteiger partial charge < -0.3 is 15.2 Å². The van der Waals surface area contributed by atoms with Crippen molar-refractivity contribution < 1.29 is 9.59 Å². The number of thioether (sulfide) groups is 1. The molecule has 0 radical (unpaired) electrons. The topological polar surface area (TPSA) is 88.9 Å². The van der Waals surface area contributed by atoms with Crippen LogP contribution in [-0.2, 0) is 22.6 Å². The first-order valence-electron chi connectivity index (χ1n) is 9.21. The van der Waals surface area contributed by atoms with E-state index in [1.54, 1.807) is 59.2 Å². The number of carbonyl (C=O) groups is 2. The molecule has 3 rings (SSSR count). The minimum atomic E-state index is -0.240. The van der Waals surface area contributed by atoms with Crippen LogP contribution < -0.4 is 10.6 Å². The summed E-state index contributed by atoms with van der Waals surface area (Å²) in [5.74, 6) is 0.153. The van der Waals surface area contributed by atoms with E-state index in [2.05, 4.69) is 27.4 Å². The third-order valence-corrected chi connectivity index (χ3v) is 5.45. The summed E-state index contributed by atoms with van der Waals surface area (Å²) in [5, 5.41) is 15.5. The molecule has 1 aromatic heterocycles. The van der Waals surface area contributed by atoms with Crippen LogP contribution in [0.15, 0.2) is 66.3 Å². The summed E-state index contributed by atoms with van der Waals surface area (Å²) in [5.41, 5.74) is 1.25. The van der Waals surface area contributed by atoms with Crippen LogP contribution >= 0.6 is 35.0 Å². The molecule has 1 heterocycles. The first kappa shape index (κ1) is 22.9. The highest BCUT2D eigenvalue weighted by atomic mass is 35.5. The van der Waals surface area contributed by atoms with Gasteiger partial charge in [0, 0.05) is 28.0 Å². The van der Waals surface area contributed by atoms with Crippen LogP contribution in [0.4, 0.5) is 11.4 Å². The molecule has 160 valence electrons. The van der Waals surface area contributed by atoms with E-state index in [-0.39, 0.29) is 24.0 Å². The van der Waals surface area contributed by atoms with E-state index in [1.165, 1.54) is 11.8 Å². The van der Waals surface area contributed by atoms with Crippen molar-refractivity contribution in [3.63, 3.8) is 0 Å². The molecule has 2 N–H and O–H groups in total. The second kappa shape index (κ2) is 11.0. The number of amides is 2. The zero-order valence-corrected chi connectivity index (χ0v) is 18.7. The summed E-state index contributed by atoms with van der Waals surface area (Å²) in [7, 11) is 0. The number of halogens is 2. The molecule has 0 saturated heterocycles. The zero-order valence-electron chi connectivity index (χ0n) is 16.3. The number of benzene rings is 2. The summed E-state index contributed by atoms with van der Waals surface area (Å²) in [4.78, 5) is 24.6. The number of hydrogen-bond acceptors (Lipinski definition) is 5. The maximum atomic E-state index is 12.4. The molecule has 2 amide bonds. The van der Waals surface area contributed by atoms with Crippen molar-refractivity contribution in [1.82, 2.24) is 14.8 Å². The van der Waals surface area contributed by atoms with Crippen molar-refractivity contribution in [2.24, 2.45) is 0 Å². The van der Waals surface area contributed by atoms with Crippen LogP contribution in [0.1, 0.15) is 5.82 Å². The van der Waals surface area contributed by atoms with Crippen molar-refractivity contribution in [3.8, 4) is 0 Å². The molecule has 0 bridgehead atoms. The van der Waals surface area contributed by atoms with Crippen LogP contribution in [0.25, 0.3) is 0 Å². The van der Waals surface area contributed by atoms with Gasteiger partial charge in [-0.05, 0) is 42.5 Å². The van der Waals surface area contributed by atoms with E-state index in [4.69, 9.17) is 23.2 Å². The van der Waals surface area contributed by atoms with Crippen molar-refractivity contribution >= 4 is 58.2 Å². The minimum absolute atomic E-state index is 0.0265. The first-order valence-corrected chi connectivity index (χ1v) is 11.0. The first-order chi connectivity index (χ1) is 14.9. The molecular weight excluding hydrogens is 457 g/mol. The van der Waals surface area contributed by atoms with E-state index in [0.717, 1.165) is 0 Å². The van der Waals surface area contributed by atoms with Gasteiger partial charge in [0.1, 0.15) is 5.82 Å². The predicted molar refractivity (Wildman–Crippen MR) is 125 cm³/mol. The summed E-state index contributed by atoms with van der Waals surface area (Å²) < 4.78 is 1.76. The van der Waals surface area contributed by atoms with Gasteiger partial charge in [-0.1, -0.05) is 47.1 Å². The van der Waals surface area contributed by atoms with Crippen LogP contribution in [0, 0.1) is 0 Å². The van der Waals surface area contributed by atoms with Gasteiger partial charge in [0.2, 0.25) is 11.8 Å². The molecule has 0 unspecified atom stereocenters. The summed E-state index contributed by atoms with van der Waals surface area (Å²) >= 11 is 13.0. The average Bonchev–Trinajstić information content (AvgIpc) is 3.10. The van der Waals surface area contributed by atoms with E-state index in [9.17, 15) is 9.59 Å². The summed E-state index contributed by atoms with van der Waals surface area (Å²) in [6, 6.07) is 13.7. The van der Waals surface area contributed by atoms with Crippen molar-refractivity contribution in [1.29, 1.82) is 0 Å². The molecule has 0 spiro atoms. The lowest BCUT2D eigenvalue weighted by Crippen LogP contribution is -2.18. The molecule has 31 heavy (non-hydrogen) atoms. The smallest absolute Gasteiger partial charge is 0.234 e. The van der Waals surface area contributed by atoms with Crippen LogP contribution in [0.2, 0.25) is 10.0 Å². The highest BCUT2D eigenvalue weighted by Crippen LogP contribution is 2.20. The van der Waals surface area contributed by atoms with Crippen LogP contribution in [-0.4, -0.2) is 32.3 Å². The number of nitrogens with zero attached hydrogens (tertiary/aromatic N) is 3. The fraction of sp³-hybridized carbons (Fsp3) is 0.143. The van der Waals surface area contributed by atoms with Gasteiger partial charge in [0.15, 0.2) is 5.16 Å². The minimum Gasteiger partial charge on any atom is -0.326 e. The Morgan fingerprint density at radius 1 is 1.00 bits per heavy atom. The number of hydrogen-bond donors (Lipinski definition) is 2. The summed E-state index contributed by atoms with van der Waals surface area (Å²) in [6.45, 7) is 4.15. The van der Waals surface area contributed by atoms with E-state index in [0.29, 0.717) is 38.9 Å². The Bertz CT molecular complexity index is 1090. The molecule has 3 aromatic rings. The quantitative estimate of drug-likeness (QED) is 0.346. The zero-order chi connectivity index (χ0) is 22.2. The Labute approximate surface area is 193 Å². The highest BCUT2D eigenvalue weighted by Gasteiger charge is 2.16. The Morgan fingerprint density at radius 3 is 2.45 bits per heavy atom. The lowest BCUT2D eigenvalue weighted by Gasteiger charge is -2.09. The molecule has 0 aliphatic rings. The van der Waals surface area contributed by atoms with Gasteiger partial charge in [-0.2, -0.15) is 0 Å². The third-order valence-electron chi connectivity index (χ3n) is 3.99. The normalized spacial score (nSPS) is 10.5. The molecule has 0 atom stereocenters. The lowest BCUT2D eigenvalue weighted by molar-refractivity contribution is -0.116. The van der Waals surface area contributed by atoms with Gasteiger partial charge >= 0.3 is 0 Å². The number of anilines is 2. The second-order valence-corrected chi connectivity index (χ2v) is 8.19. The molecule has 0 fully saturated rings. The van der Waals surface area contributed by atoms with Gasteiger partial charge in [0.25, 0.3) is 0 Å². The number of allylic oxidation sites excluding steroid dienone is 1. The van der Waals surface area contributed by atoms with E-state index in [1.807, 2.05) is 0 Å². The van der Waals surface area contributed by atoms with Gasteiger partial charge in [-0.25, -0.2) is 0 Å². The Balaban J connectivity index is 1.61. The largest absolute Gasteiger partial charge is 0.326 e. The second-order valence-electron chi connectivity index (χ2n) is 6.38.